The molecule has 0 spiro atoms. The van der Waals surface area contributed by atoms with Gasteiger partial charge in [-0.2, -0.15) is 0 Å². The number of carbonyl (C=O) groups is 1. The summed E-state index contributed by atoms with van der Waals surface area (Å²) in [6.45, 7) is 3.18. The van der Waals surface area contributed by atoms with Crippen molar-refractivity contribution in [1.29, 1.82) is 0 Å². The lowest BCUT2D eigenvalue weighted by Crippen LogP contribution is -2.22. The fourth-order valence-corrected chi connectivity index (χ4v) is 1.83. The van der Waals surface area contributed by atoms with Crippen molar-refractivity contribution in [2.45, 2.75) is 24.5 Å². The van der Waals surface area contributed by atoms with Gasteiger partial charge in [-0.1, -0.05) is 35.0 Å². The van der Waals surface area contributed by atoms with Crippen LogP contribution < -0.4 is 5.32 Å². The standard InChI is InChI=1S/C13H16BrNO3/c1-2-11(14)12(16)15-10-5-3-4-9(8-10)13-17-6-7-18-13/h3-5,8,11,13H,2,6-7H2,1H3,(H,15,16). The lowest BCUT2D eigenvalue weighted by molar-refractivity contribution is -0.115. The number of alkyl halides is 1. The minimum Gasteiger partial charge on any atom is -0.346 e. The Hall–Kier alpha value is -0.910. The third kappa shape index (κ3) is 3.31. The van der Waals surface area contributed by atoms with Crippen molar-refractivity contribution in [3.8, 4) is 0 Å². The minimum atomic E-state index is -0.312. The molecule has 1 aromatic carbocycles. The lowest BCUT2D eigenvalue weighted by atomic mass is 10.2. The van der Waals surface area contributed by atoms with E-state index >= 15 is 0 Å². The SMILES string of the molecule is CCC(Br)C(=O)Nc1cccc(C2OCCO2)c1. The Kier molecular flexibility index (Phi) is 4.74. The molecule has 1 heterocycles. The monoisotopic (exact) mass is 313 g/mol. The Balaban J connectivity index is 2.05. The van der Waals surface area contributed by atoms with Gasteiger partial charge in [0.1, 0.15) is 0 Å². The van der Waals surface area contributed by atoms with Crippen molar-refractivity contribution >= 4 is 27.5 Å². The third-order valence-electron chi connectivity index (χ3n) is 2.69. The van der Waals surface area contributed by atoms with Crippen molar-refractivity contribution in [2.24, 2.45) is 0 Å². The zero-order valence-electron chi connectivity index (χ0n) is 10.2. The van der Waals surface area contributed by atoms with Gasteiger partial charge in [0.05, 0.1) is 18.0 Å². The Morgan fingerprint density at radius 3 is 2.89 bits per heavy atom. The summed E-state index contributed by atoms with van der Waals surface area (Å²) in [6.07, 6.45) is 0.438. The van der Waals surface area contributed by atoms with E-state index in [2.05, 4.69) is 21.2 Å². The summed E-state index contributed by atoms with van der Waals surface area (Å²) >= 11 is 3.32. The number of nitrogens with one attached hydrogen (secondary N) is 1. The molecule has 0 radical (unpaired) electrons. The van der Waals surface area contributed by atoms with Crippen LogP contribution in [-0.4, -0.2) is 23.9 Å². The molecular formula is C13H16BrNO3. The number of hydrogen-bond acceptors (Lipinski definition) is 3. The molecule has 1 fully saturated rings. The van der Waals surface area contributed by atoms with E-state index in [-0.39, 0.29) is 17.0 Å². The molecule has 5 heteroatoms. The zero-order chi connectivity index (χ0) is 13.0. The summed E-state index contributed by atoms with van der Waals surface area (Å²) < 4.78 is 10.8. The molecule has 1 amide bonds. The van der Waals surface area contributed by atoms with Gasteiger partial charge < -0.3 is 14.8 Å². The van der Waals surface area contributed by atoms with Crippen LogP contribution in [0.4, 0.5) is 5.69 Å². The molecule has 0 aromatic heterocycles. The molecule has 4 nitrogen and oxygen atoms in total. The van der Waals surface area contributed by atoms with E-state index in [0.29, 0.717) is 13.2 Å². The summed E-state index contributed by atoms with van der Waals surface area (Å²) in [7, 11) is 0. The van der Waals surface area contributed by atoms with Gasteiger partial charge in [-0.25, -0.2) is 0 Å². The first-order valence-electron chi connectivity index (χ1n) is 5.99. The predicted molar refractivity (Wildman–Crippen MR) is 72.7 cm³/mol. The van der Waals surface area contributed by atoms with Gasteiger partial charge in [0.15, 0.2) is 6.29 Å². The predicted octanol–water partition coefficient (Wildman–Crippen LogP) is 2.84. The summed E-state index contributed by atoms with van der Waals surface area (Å²) in [4.78, 5) is 11.6. The van der Waals surface area contributed by atoms with Gasteiger partial charge in [0.25, 0.3) is 0 Å². The van der Waals surface area contributed by atoms with Crippen LogP contribution in [-0.2, 0) is 14.3 Å². The number of halogens is 1. The topological polar surface area (TPSA) is 47.6 Å². The summed E-state index contributed by atoms with van der Waals surface area (Å²) in [5, 5.41) is 2.86. The average molecular weight is 314 g/mol. The number of rotatable bonds is 4. The fraction of sp³-hybridized carbons (Fsp3) is 0.462. The first-order chi connectivity index (χ1) is 8.70. The van der Waals surface area contributed by atoms with Crippen molar-refractivity contribution in [1.82, 2.24) is 0 Å². The molecule has 0 bridgehead atoms. The van der Waals surface area contributed by atoms with Crippen molar-refractivity contribution in [3.05, 3.63) is 29.8 Å². The van der Waals surface area contributed by atoms with E-state index in [9.17, 15) is 4.79 Å². The number of amides is 1. The van der Waals surface area contributed by atoms with Crippen molar-refractivity contribution < 1.29 is 14.3 Å². The van der Waals surface area contributed by atoms with E-state index in [1.807, 2.05) is 31.2 Å². The molecule has 1 N–H and O–H groups in total. The van der Waals surface area contributed by atoms with Crippen LogP contribution in [0.3, 0.4) is 0 Å². The molecule has 1 aliphatic heterocycles. The van der Waals surface area contributed by atoms with Crippen LogP contribution >= 0.6 is 15.9 Å². The van der Waals surface area contributed by atoms with Crippen LogP contribution in [0.15, 0.2) is 24.3 Å². The smallest absolute Gasteiger partial charge is 0.238 e. The average Bonchev–Trinajstić information content (AvgIpc) is 2.92. The molecule has 98 valence electrons. The van der Waals surface area contributed by atoms with Gasteiger partial charge in [-0.3, -0.25) is 4.79 Å². The highest BCUT2D eigenvalue weighted by Gasteiger charge is 2.19. The third-order valence-corrected chi connectivity index (χ3v) is 3.75. The maximum atomic E-state index is 11.8. The molecule has 1 saturated heterocycles. The van der Waals surface area contributed by atoms with E-state index in [4.69, 9.17) is 9.47 Å². The maximum absolute atomic E-state index is 11.8. The second-order valence-corrected chi connectivity index (χ2v) is 5.17. The largest absolute Gasteiger partial charge is 0.346 e. The van der Waals surface area contributed by atoms with Gasteiger partial charge in [0, 0.05) is 11.3 Å². The lowest BCUT2D eigenvalue weighted by Gasteiger charge is -2.12. The van der Waals surface area contributed by atoms with Crippen LogP contribution in [0.1, 0.15) is 25.2 Å². The summed E-state index contributed by atoms with van der Waals surface area (Å²) in [6, 6.07) is 7.54. The van der Waals surface area contributed by atoms with E-state index in [0.717, 1.165) is 17.7 Å². The van der Waals surface area contributed by atoms with Gasteiger partial charge in [-0.05, 0) is 18.6 Å². The number of hydrogen-bond donors (Lipinski definition) is 1. The van der Waals surface area contributed by atoms with E-state index in [1.165, 1.54) is 0 Å². The highest BCUT2D eigenvalue weighted by Crippen LogP contribution is 2.25. The Morgan fingerprint density at radius 1 is 1.50 bits per heavy atom. The molecule has 1 unspecified atom stereocenters. The van der Waals surface area contributed by atoms with E-state index in [1.54, 1.807) is 0 Å². The van der Waals surface area contributed by atoms with Crippen LogP contribution in [0.2, 0.25) is 0 Å². The Morgan fingerprint density at radius 2 is 2.22 bits per heavy atom. The highest BCUT2D eigenvalue weighted by atomic mass is 79.9. The summed E-state index contributed by atoms with van der Waals surface area (Å²) in [5.74, 6) is -0.0390. The second kappa shape index (κ2) is 6.31. The quantitative estimate of drug-likeness (QED) is 0.869. The second-order valence-electron chi connectivity index (χ2n) is 4.06. The highest BCUT2D eigenvalue weighted by molar-refractivity contribution is 9.10. The number of benzene rings is 1. The molecule has 1 atom stereocenters. The molecule has 18 heavy (non-hydrogen) atoms. The van der Waals surface area contributed by atoms with Gasteiger partial charge >= 0.3 is 0 Å². The van der Waals surface area contributed by atoms with Crippen LogP contribution in [0, 0.1) is 0 Å². The molecule has 2 rings (SSSR count). The van der Waals surface area contributed by atoms with Crippen LogP contribution in [0.5, 0.6) is 0 Å². The number of ether oxygens (including phenoxy) is 2. The Labute approximate surface area is 115 Å². The first-order valence-corrected chi connectivity index (χ1v) is 6.90. The zero-order valence-corrected chi connectivity index (χ0v) is 11.8. The van der Waals surface area contributed by atoms with Gasteiger partial charge in [0.2, 0.25) is 5.91 Å². The first kappa shape index (κ1) is 13.5. The number of carbonyl (C=O) groups excluding carboxylic acids is 1. The van der Waals surface area contributed by atoms with Crippen LogP contribution in [0.25, 0.3) is 0 Å². The molecular weight excluding hydrogens is 298 g/mol. The molecule has 1 aliphatic rings. The maximum Gasteiger partial charge on any atom is 0.238 e. The van der Waals surface area contributed by atoms with E-state index < -0.39 is 0 Å². The van der Waals surface area contributed by atoms with Gasteiger partial charge in [-0.15, -0.1) is 0 Å². The number of anilines is 1. The van der Waals surface area contributed by atoms with Crippen molar-refractivity contribution in [3.63, 3.8) is 0 Å². The normalized spacial score (nSPS) is 17.7. The summed E-state index contributed by atoms with van der Waals surface area (Å²) in [5.41, 5.74) is 1.68. The molecule has 0 aliphatic carbocycles. The fourth-order valence-electron chi connectivity index (χ4n) is 1.72. The minimum absolute atomic E-state index is 0.0390. The Bertz CT molecular complexity index is 418. The molecule has 1 aromatic rings. The molecule has 0 saturated carbocycles. The van der Waals surface area contributed by atoms with Crippen molar-refractivity contribution in [2.75, 3.05) is 18.5 Å².